The first-order chi connectivity index (χ1) is 30.3. The van der Waals surface area contributed by atoms with Gasteiger partial charge in [-0.2, -0.15) is 0 Å². The first-order valence-electron chi connectivity index (χ1n) is 22.7. The average Bonchev–Trinajstić information content (AvgIpc) is 3.91. The maximum atomic E-state index is 2.70. The van der Waals surface area contributed by atoms with Crippen molar-refractivity contribution in [3.05, 3.63) is 181 Å². The first-order valence-corrected chi connectivity index (χ1v) is 22.7. The smallest absolute Gasteiger partial charge is 0.0492 e. The van der Waals surface area contributed by atoms with Gasteiger partial charge in [-0.1, -0.05) is 172 Å². The molecule has 0 spiro atoms. The molecule has 1 heterocycles. The van der Waals surface area contributed by atoms with Crippen molar-refractivity contribution in [1.29, 1.82) is 0 Å². The zero-order chi connectivity index (χ0) is 41.5. The molecule has 0 saturated heterocycles. The highest BCUT2D eigenvalue weighted by molar-refractivity contribution is 6.46. The molecule has 0 amide bonds. The van der Waals surface area contributed by atoms with Crippen molar-refractivity contribution in [2.24, 2.45) is 11.3 Å². The maximum absolute atomic E-state index is 2.70. The molecule has 11 aromatic rings. The first kappa shape index (κ1) is 36.0. The molecule has 3 atom stereocenters. The third-order valence-corrected chi connectivity index (χ3v) is 15.6. The van der Waals surface area contributed by atoms with Gasteiger partial charge in [0.15, 0.2) is 0 Å². The summed E-state index contributed by atoms with van der Waals surface area (Å²) in [7, 11) is 0. The second-order valence-corrected chi connectivity index (χ2v) is 19.8. The van der Waals surface area contributed by atoms with E-state index in [1.807, 2.05) is 0 Å². The molecule has 1 aliphatic carbocycles. The number of rotatable bonds is 4. The minimum Gasteiger partial charge on any atom is -0.335 e. The Kier molecular flexibility index (Phi) is 7.50. The summed E-state index contributed by atoms with van der Waals surface area (Å²) in [6.07, 6.45) is 3.66. The number of para-hydroxylation sites is 1. The molecule has 1 fully saturated rings. The van der Waals surface area contributed by atoms with Gasteiger partial charge in [-0.3, -0.25) is 0 Å². The van der Waals surface area contributed by atoms with Gasteiger partial charge in [0, 0.05) is 22.8 Å². The van der Waals surface area contributed by atoms with E-state index >= 15 is 0 Å². The van der Waals surface area contributed by atoms with E-state index in [9.17, 15) is 0 Å². The van der Waals surface area contributed by atoms with Crippen LogP contribution in [0.25, 0.3) is 98.0 Å². The predicted molar refractivity (Wildman–Crippen MR) is 267 cm³/mol. The van der Waals surface area contributed by atoms with Crippen molar-refractivity contribution in [2.45, 2.75) is 58.4 Å². The highest BCUT2D eigenvalue weighted by Crippen LogP contribution is 2.61. The van der Waals surface area contributed by atoms with E-state index in [4.69, 9.17) is 0 Å². The highest BCUT2D eigenvalue weighted by atomic mass is 15.2. The summed E-state index contributed by atoms with van der Waals surface area (Å²) < 4.78 is 0. The normalized spacial score (nSPS) is 19.1. The van der Waals surface area contributed by atoms with E-state index in [0.717, 1.165) is 0 Å². The second-order valence-electron chi connectivity index (χ2n) is 19.8. The third-order valence-electron chi connectivity index (χ3n) is 15.6. The summed E-state index contributed by atoms with van der Waals surface area (Å²) in [5.41, 5.74) is 12.3. The highest BCUT2D eigenvalue weighted by Gasteiger charge is 2.53. The summed E-state index contributed by atoms with van der Waals surface area (Å²) in [5, 5.41) is 16.1. The minimum atomic E-state index is 0.0265. The van der Waals surface area contributed by atoms with Crippen LogP contribution in [0.15, 0.2) is 176 Å². The van der Waals surface area contributed by atoms with Crippen molar-refractivity contribution in [1.82, 2.24) is 0 Å². The SMILES string of the molecule is CC(C)(C)C1CCC2(C)C(C1)c1cc(-c3ccc4c5c(-c6ccccc6)c6c7cccc8cccc(c6c(-c6ccccc6)c5c5cccc3c54)c87)ccc1N2c1ccccc1. The Balaban J connectivity index is 1.12. The van der Waals surface area contributed by atoms with E-state index in [1.54, 1.807) is 0 Å². The van der Waals surface area contributed by atoms with E-state index in [-0.39, 0.29) is 11.0 Å². The van der Waals surface area contributed by atoms with Crippen LogP contribution in [0.2, 0.25) is 0 Å². The molecule has 13 rings (SSSR count). The van der Waals surface area contributed by atoms with E-state index in [0.29, 0.717) is 11.8 Å². The Bertz CT molecular complexity index is 3410. The van der Waals surface area contributed by atoms with Crippen LogP contribution >= 0.6 is 0 Å². The molecule has 1 aliphatic heterocycles. The van der Waals surface area contributed by atoms with Gasteiger partial charge < -0.3 is 4.90 Å². The molecule has 2 aliphatic rings. The molecule has 1 heteroatoms. The van der Waals surface area contributed by atoms with Crippen LogP contribution in [-0.2, 0) is 0 Å². The van der Waals surface area contributed by atoms with Crippen LogP contribution in [0.5, 0.6) is 0 Å². The van der Waals surface area contributed by atoms with Gasteiger partial charge in [0.25, 0.3) is 0 Å². The molecule has 0 N–H and O–H groups in total. The molecule has 3 unspecified atom stereocenters. The fourth-order valence-corrected chi connectivity index (χ4v) is 12.8. The molecule has 1 saturated carbocycles. The number of nitrogens with zero attached hydrogens (tertiary/aromatic N) is 1. The average molecular weight is 796 g/mol. The fraction of sp³-hybridized carbons (Fsp3) is 0.180. The van der Waals surface area contributed by atoms with Crippen molar-refractivity contribution < 1.29 is 0 Å². The Labute approximate surface area is 363 Å². The van der Waals surface area contributed by atoms with E-state index in [2.05, 4.69) is 209 Å². The largest absolute Gasteiger partial charge is 0.335 e. The zero-order valence-corrected chi connectivity index (χ0v) is 36.0. The second kappa shape index (κ2) is 12.9. The number of hydrogen-bond acceptors (Lipinski definition) is 1. The van der Waals surface area contributed by atoms with Gasteiger partial charge in [0.2, 0.25) is 0 Å². The van der Waals surface area contributed by atoms with Crippen LogP contribution in [0.4, 0.5) is 11.4 Å². The summed E-state index contributed by atoms with van der Waals surface area (Å²) in [4.78, 5) is 2.70. The Morgan fingerprint density at radius 1 is 0.484 bits per heavy atom. The Morgan fingerprint density at radius 2 is 1.02 bits per heavy atom. The number of hydrogen-bond donors (Lipinski definition) is 0. The van der Waals surface area contributed by atoms with Crippen LogP contribution in [0.3, 0.4) is 0 Å². The van der Waals surface area contributed by atoms with Gasteiger partial charge in [-0.15, -0.1) is 0 Å². The maximum Gasteiger partial charge on any atom is 0.0492 e. The van der Waals surface area contributed by atoms with E-state index in [1.165, 1.54) is 134 Å². The zero-order valence-electron chi connectivity index (χ0n) is 36.0. The summed E-state index contributed by atoms with van der Waals surface area (Å²) in [6, 6.07) is 66.8. The fourth-order valence-electron chi connectivity index (χ4n) is 12.8. The van der Waals surface area contributed by atoms with Crippen molar-refractivity contribution in [3.63, 3.8) is 0 Å². The number of anilines is 2. The molecule has 11 aromatic carbocycles. The quantitative estimate of drug-likeness (QED) is 0.171. The molecular weight excluding hydrogens is 747 g/mol. The summed E-state index contributed by atoms with van der Waals surface area (Å²) in [5.74, 6) is 1.13. The predicted octanol–water partition coefficient (Wildman–Crippen LogP) is 17.3. The van der Waals surface area contributed by atoms with Crippen molar-refractivity contribution in [3.8, 4) is 33.4 Å². The monoisotopic (exact) mass is 795 g/mol. The Hall–Kier alpha value is -6.70. The van der Waals surface area contributed by atoms with E-state index < -0.39 is 0 Å². The standard InChI is InChI=1S/C61H49N/c1-60(2,3)41-33-34-61(4)50(36-41)49-35-40(29-32-51(49)62(61)42-23-12-7-13-24-42)43-30-31-48-55-44(43)25-16-28-47(55)58-53(38-17-8-5-9-18-38)56-45-26-14-21-37-22-15-27-46(52(37)45)57(56)54(59(48)58)39-19-10-6-11-20-39/h5-32,35,41,50H,33-34,36H2,1-4H3. The van der Waals surface area contributed by atoms with Gasteiger partial charge >= 0.3 is 0 Å². The lowest BCUT2D eigenvalue weighted by Gasteiger charge is -2.49. The van der Waals surface area contributed by atoms with Gasteiger partial charge in [-0.25, -0.2) is 0 Å². The lowest BCUT2D eigenvalue weighted by molar-refractivity contribution is 0.127. The molecule has 0 aromatic heterocycles. The molecule has 0 radical (unpaired) electrons. The van der Waals surface area contributed by atoms with Crippen LogP contribution < -0.4 is 4.90 Å². The summed E-state index contributed by atoms with van der Waals surface area (Å²) >= 11 is 0. The lowest BCUT2D eigenvalue weighted by Crippen LogP contribution is -2.48. The van der Waals surface area contributed by atoms with Crippen molar-refractivity contribution in [2.75, 3.05) is 4.90 Å². The molecular formula is C61H49N. The van der Waals surface area contributed by atoms with Crippen LogP contribution in [0, 0.1) is 11.3 Å². The minimum absolute atomic E-state index is 0.0265. The molecule has 62 heavy (non-hydrogen) atoms. The van der Waals surface area contributed by atoms with Gasteiger partial charge in [0.05, 0.1) is 0 Å². The third kappa shape index (κ3) is 4.85. The Morgan fingerprint density at radius 3 is 1.61 bits per heavy atom. The number of fused-ring (bicyclic) bond motifs is 9. The van der Waals surface area contributed by atoms with Gasteiger partial charge in [-0.05, 0) is 165 Å². The van der Waals surface area contributed by atoms with Crippen LogP contribution in [0.1, 0.15) is 58.4 Å². The lowest BCUT2D eigenvalue weighted by atomic mass is 9.62. The summed E-state index contributed by atoms with van der Waals surface area (Å²) in [6.45, 7) is 9.90. The molecule has 298 valence electrons. The topological polar surface area (TPSA) is 3.24 Å². The van der Waals surface area contributed by atoms with Crippen molar-refractivity contribution >= 4 is 76.0 Å². The molecule has 1 nitrogen and oxygen atoms in total. The van der Waals surface area contributed by atoms with Gasteiger partial charge in [0.1, 0.15) is 0 Å². The van der Waals surface area contributed by atoms with Crippen LogP contribution in [-0.4, -0.2) is 5.54 Å². The molecule has 0 bridgehead atoms. The number of benzene rings is 9.